The maximum Gasteiger partial charge on any atom is 0.410 e. The summed E-state index contributed by atoms with van der Waals surface area (Å²) in [7, 11) is 0. The number of amides is 1. The number of nitrogens with zero attached hydrogens (tertiary/aromatic N) is 1. The third-order valence-electron chi connectivity index (χ3n) is 3.05. The van der Waals surface area contributed by atoms with E-state index < -0.39 is 6.09 Å². The Morgan fingerprint density at radius 3 is 2.83 bits per heavy atom. The standard InChI is InChI=1S/C13H17N3O2/c14-12(15)11-7-4-8-16(11)13(17)18-9-10-5-2-1-3-6-10/h1-3,5-6,11H,4,7-9H2,(H3,14,15)/t11-/m0/s1. The molecule has 1 aromatic rings. The van der Waals surface area contributed by atoms with Crippen molar-refractivity contribution in [1.82, 2.24) is 4.90 Å². The number of rotatable bonds is 3. The number of nitrogens with two attached hydrogens (primary N) is 1. The molecule has 1 heterocycles. The number of carbonyl (C=O) groups excluding carboxylic acids is 1. The van der Waals surface area contributed by atoms with Crippen molar-refractivity contribution in [3.63, 3.8) is 0 Å². The van der Waals surface area contributed by atoms with E-state index in [0.29, 0.717) is 6.54 Å². The summed E-state index contributed by atoms with van der Waals surface area (Å²) in [6, 6.07) is 9.22. The minimum atomic E-state index is -0.392. The average molecular weight is 247 g/mol. The molecule has 5 heteroatoms. The molecule has 0 spiro atoms. The van der Waals surface area contributed by atoms with Gasteiger partial charge < -0.3 is 10.5 Å². The Morgan fingerprint density at radius 1 is 1.44 bits per heavy atom. The van der Waals surface area contributed by atoms with Gasteiger partial charge in [0.2, 0.25) is 0 Å². The summed E-state index contributed by atoms with van der Waals surface area (Å²) in [5, 5.41) is 7.44. The van der Waals surface area contributed by atoms with E-state index in [0.717, 1.165) is 18.4 Å². The van der Waals surface area contributed by atoms with Crippen molar-refractivity contribution >= 4 is 11.9 Å². The van der Waals surface area contributed by atoms with E-state index in [4.69, 9.17) is 15.9 Å². The van der Waals surface area contributed by atoms with E-state index in [1.54, 1.807) is 0 Å². The summed E-state index contributed by atoms with van der Waals surface area (Å²) in [5.74, 6) is 0.0316. The van der Waals surface area contributed by atoms with Gasteiger partial charge in [0.15, 0.2) is 0 Å². The van der Waals surface area contributed by atoms with Crippen LogP contribution in [0, 0.1) is 5.41 Å². The van der Waals surface area contributed by atoms with Crippen LogP contribution in [0.25, 0.3) is 0 Å². The van der Waals surface area contributed by atoms with Crippen LogP contribution in [0.3, 0.4) is 0 Å². The lowest BCUT2D eigenvalue weighted by atomic mass is 10.2. The van der Waals surface area contributed by atoms with Gasteiger partial charge in [-0.3, -0.25) is 10.3 Å². The van der Waals surface area contributed by atoms with Gasteiger partial charge in [0.25, 0.3) is 0 Å². The molecule has 0 aliphatic carbocycles. The molecule has 1 aliphatic heterocycles. The number of ether oxygens (including phenoxy) is 1. The van der Waals surface area contributed by atoms with Gasteiger partial charge in [-0.25, -0.2) is 4.79 Å². The second kappa shape index (κ2) is 5.53. The minimum absolute atomic E-state index is 0.0316. The molecule has 0 aromatic heterocycles. The Bertz CT molecular complexity index is 433. The van der Waals surface area contributed by atoms with Crippen LogP contribution in [0.15, 0.2) is 30.3 Å². The fourth-order valence-corrected chi connectivity index (χ4v) is 2.11. The van der Waals surface area contributed by atoms with Gasteiger partial charge in [0, 0.05) is 6.54 Å². The Morgan fingerprint density at radius 2 is 2.17 bits per heavy atom. The molecule has 0 radical (unpaired) electrons. The molecular formula is C13H17N3O2. The zero-order valence-electron chi connectivity index (χ0n) is 10.1. The van der Waals surface area contributed by atoms with E-state index in [-0.39, 0.29) is 18.5 Å². The highest BCUT2D eigenvalue weighted by Crippen LogP contribution is 2.18. The number of benzene rings is 1. The third-order valence-corrected chi connectivity index (χ3v) is 3.05. The number of amidine groups is 1. The van der Waals surface area contributed by atoms with Crippen molar-refractivity contribution in [3.8, 4) is 0 Å². The molecule has 5 nitrogen and oxygen atoms in total. The van der Waals surface area contributed by atoms with Crippen LogP contribution in [0.4, 0.5) is 4.79 Å². The lowest BCUT2D eigenvalue weighted by molar-refractivity contribution is 0.0991. The van der Waals surface area contributed by atoms with Crippen molar-refractivity contribution < 1.29 is 9.53 Å². The molecule has 96 valence electrons. The van der Waals surface area contributed by atoms with Crippen LogP contribution in [-0.4, -0.2) is 29.4 Å². The SMILES string of the molecule is N=C(N)[C@@H]1CCCN1C(=O)OCc1ccccc1. The highest BCUT2D eigenvalue weighted by molar-refractivity contribution is 5.86. The topological polar surface area (TPSA) is 79.4 Å². The highest BCUT2D eigenvalue weighted by atomic mass is 16.6. The van der Waals surface area contributed by atoms with Crippen molar-refractivity contribution in [2.24, 2.45) is 5.73 Å². The first-order valence-corrected chi connectivity index (χ1v) is 5.99. The van der Waals surface area contributed by atoms with Gasteiger partial charge in [-0.1, -0.05) is 30.3 Å². The zero-order valence-corrected chi connectivity index (χ0v) is 10.1. The Kier molecular flexibility index (Phi) is 3.82. The molecule has 1 aromatic carbocycles. The van der Waals surface area contributed by atoms with Crippen molar-refractivity contribution in [3.05, 3.63) is 35.9 Å². The first-order valence-electron chi connectivity index (χ1n) is 5.99. The van der Waals surface area contributed by atoms with E-state index in [1.807, 2.05) is 30.3 Å². The second-order valence-corrected chi connectivity index (χ2v) is 4.35. The molecule has 18 heavy (non-hydrogen) atoms. The van der Waals surface area contributed by atoms with Gasteiger partial charge in [-0.15, -0.1) is 0 Å². The number of carbonyl (C=O) groups is 1. The molecule has 0 unspecified atom stereocenters. The summed E-state index contributed by atoms with van der Waals surface area (Å²) in [6.07, 6.45) is 1.22. The van der Waals surface area contributed by atoms with Gasteiger partial charge in [-0.2, -0.15) is 0 Å². The third kappa shape index (κ3) is 2.80. The molecule has 1 atom stereocenters. The van der Waals surface area contributed by atoms with E-state index in [2.05, 4.69) is 0 Å². The fraction of sp³-hybridized carbons (Fsp3) is 0.385. The van der Waals surface area contributed by atoms with Crippen LogP contribution >= 0.6 is 0 Å². The lowest BCUT2D eigenvalue weighted by Gasteiger charge is -2.22. The maximum atomic E-state index is 11.9. The first-order chi connectivity index (χ1) is 8.68. The molecule has 1 fully saturated rings. The van der Waals surface area contributed by atoms with Gasteiger partial charge in [-0.05, 0) is 18.4 Å². The summed E-state index contributed by atoms with van der Waals surface area (Å²) >= 11 is 0. The normalized spacial score (nSPS) is 18.7. The van der Waals surface area contributed by atoms with Crippen LogP contribution in [-0.2, 0) is 11.3 Å². The summed E-state index contributed by atoms with van der Waals surface area (Å²) in [6.45, 7) is 0.860. The smallest absolute Gasteiger partial charge is 0.410 e. The second-order valence-electron chi connectivity index (χ2n) is 4.35. The Balaban J connectivity index is 1.90. The molecular weight excluding hydrogens is 230 g/mol. The minimum Gasteiger partial charge on any atom is -0.445 e. The lowest BCUT2D eigenvalue weighted by Crippen LogP contribution is -2.43. The first kappa shape index (κ1) is 12.4. The monoisotopic (exact) mass is 247 g/mol. The van der Waals surface area contributed by atoms with Crippen LogP contribution in [0.2, 0.25) is 0 Å². The molecule has 2 rings (SSSR count). The number of hydrogen-bond acceptors (Lipinski definition) is 3. The van der Waals surface area contributed by atoms with Gasteiger partial charge in [0.05, 0.1) is 6.04 Å². The quantitative estimate of drug-likeness (QED) is 0.630. The molecule has 1 aliphatic rings. The average Bonchev–Trinajstić information content (AvgIpc) is 2.86. The van der Waals surface area contributed by atoms with Gasteiger partial charge in [0.1, 0.15) is 12.4 Å². The Hall–Kier alpha value is -2.04. The van der Waals surface area contributed by atoms with E-state index >= 15 is 0 Å². The molecule has 1 saturated heterocycles. The van der Waals surface area contributed by atoms with Crippen molar-refractivity contribution in [2.45, 2.75) is 25.5 Å². The predicted octanol–water partition coefficient (Wildman–Crippen LogP) is 1.72. The zero-order chi connectivity index (χ0) is 13.0. The Labute approximate surface area is 106 Å². The highest BCUT2D eigenvalue weighted by Gasteiger charge is 2.31. The molecule has 0 saturated carbocycles. The fourth-order valence-electron chi connectivity index (χ4n) is 2.11. The van der Waals surface area contributed by atoms with Crippen LogP contribution in [0.1, 0.15) is 18.4 Å². The maximum absolute atomic E-state index is 11.9. The predicted molar refractivity (Wildman–Crippen MR) is 68.3 cm³/mol. The van der Waals surface area contributed by atoms with Crippen LogP contribution in [0.5, 0.6) is 0 Å². The van der Waals surface area contributed by atoms with Crippen LogP contribution < -0.4 is 5.73 Å². The molecule has 3 N–H and O–H groups in total. The largest absolute Gasteiger partial charge is 0.445 e. The van der Waals surface area contributed by atoms with E-state index in [1.165, 1.54) is 4.90 Å². The number of likely N-dealkylation sites (tertiary alicyclic amines) is 1. The number of hydrogen-bond donors (Lipinski definition) is 2. The summed E-state index contributed by atoms with van der Waals surface area (Å²) < 4.78 is 5.23. The van der Waals surface area contributed by atoms with Crippen molar-refractivity contribution in [1.29, 1.82) is 5.41 Å². The van der Waals surface area contributed by atoms with Gasteiger partial charge >= 0.3 is 6.09 Å². The number of nitrogens with one attached hydrogen (secondary N) is 1. The van der Waals surface area contributed by atoms with Crippen molar-refractivity contribution in [2.75, 3.05) is 6.54 Å². The molecule has 1 amide bonds. The summed E-state index contributed by atoms with van der Waals surface area (Å²) in [5.41, 5.74) is 6.42. The summed E-state index contributed by atoms with van der Waals surface area (Å²) in [4.78, 5) is 13.4. The molecule has 0 bridgehead atoms. The van der Waals surface area contributed by atoms with E-state index in [9.17, 15) is 4.79 Å².